The standard InChI is InChI=1S/C24H30N6O4/c1-2-7-29-18-21(17-25-29)30-8-6-23(31)22(27-30)16-19-4-3-5-20(15-19)26-24(32)34-14-11-28-9-12-33-13-10-28/h3-6,8,15,17-18H,2,7,9-14,16H2,1H3,(H,26,32). The van der Waals surface area contributed by atoms with E-state index in [1.54, 1.807) is 23.1 Å². The van der Waals surface area contributed by atoms with Crippen molar-refractivity contribution in [3.8, 4) is 5.69 Å². The van der Waals surface area contributed by atoms with Gasteiger partial charge in [0.1, 0.15) is 18.0 Å². The summed E-state index contributed by atoms with van der Waals surface area (Å²) in [6, 6.07) is 8.83. The number of amides is 1. The smallest absolute Gasteiger partial charge is 0.411 e. The third-order valence-corrected chi connectivity index (χ3v) is 5.51. The lowest BCUT2D eigenvalue weighted by atomic mass is 10.1. The van der Waals surface area contributed by atoms with Gasteiger partial charge in [0.25, 0.3) is 0 Å². The van der Waals surface area contributed by atoms with Crippen molar-refractivity contribution in [3.05, 3.63) is 70.4 Å². The van der Waals surface area contributed by atoms with E-state index in [1.807, 2.05) is 29.1 Å². The monoisotopic (exact) mass is 466 g/mol. The van der Waals surface area contributed by atoms with Gasteiger partial charge < -0.3 is 9.47 Å². The Morgan fingerprint density at radius 2 is 2.06 bits per heavy atom. The summed E-state index contributed by atoms with van der Waals surface area (Å²) >= 11 is 0. The van der Waals surface area contributed by atoms with Crippen LogP contribution in [0.4, 0.5) is 10.5 Å². The van der Waals surface area contributed by atoms with Crippen molar-refractivity contribution in [2.75, 3.05) is 44.8 Å². The molecule has 180 valence electrons. The highest BCUT2D eigenvalue weighted by Crippen LogP contribution is 2.14. The molecule has 1 fully saturated rings. The molecule has 10 nitrogen and oxygen atoms in total. The minimum atomic E-state index is -0.505. The highest BCUT2D eigenvalue weighted by Gasteiger charge is 2.12. The number of rotatable bonds is 9. The fourth-order valence-corrected chi connectivity index (χ4v) is 3.73. The van der Waals surface area contributed by atoms with Crippen molar-refractivity contribution in [1.29, 1.82) is 0 Å². The lowest BCUT2D eigenvalue weighted by molar-refractivity contribution is 0.0290. The Morgan fingerprint density at radius 3 is 2.88 bits per heavy atom. The number of anilines is 1. The average molecular weight is 467 g/mol. The number of nitrogens with one attached hydrogen (secondary N) is 1. The Morgan fingerprint density at radius 1 is 1.21 bits per heavy atom. The summed E-state index contributed by atoms with van der Waals surface area (Å²) in [5, 5.41) is 11.6. The van der Waals surface area contributed by atoms with Crippen molar-refractivity contribution >= 4 is 11.8 Å². The van der Waals surface area contributed by atoms with Crippen LogP contribution >= 0.6 is 0 Å². The van der Waals surface area contributed by atoms with E-state index in [0.717, 1.165) is 37.3 Å². The SMILES string of the molecule is CCCn1cc(-n2ccc(=O)c(Cc3cccc(NC(=O)OCCN4CCOCC4)c3)n2)cn1. The Hall–Kier alpha value is -3.50. The molecule has 1 aliphatic rings. The number of aromatic nitrogens is 4. The van der Waals surface area contributed by atoms with Crippen molar-refractivity contribution in [2.45, 2.75) is 26.3 Å². The molecule has 0 bridgehead atoms. The fourth-order valence-electron chi connectivity index (χ4n) is 3.73. The summed E-state index contributed by atoms with van der Waals surface area (Å²) in [4.78, 5) is 26.8. The van der Waals surface area contributed by atoms with E-state index >= 15 is 0 Å². The van der Waals surface area contributed by atoms with Gasteiger partial charge in [-0.15, -0.1) is 0 Å². The van der Waals surface area contributed by atoms with Gasteiger partial charge in [0.2, 0.25) is 5.43 Å². The molecule has 34 heavy (non-hydrogen) atoms. The zero-order valence-corrected chi connectivity index (χ0v) is 19.4. The zero-order chi connectivity index (χ0) is 23.8. The van der Waals surface area contributed by atoms with E-state index in [2.05, 4.69) is 27.3 Å². The van der Waals surface area contributed by atoms with Crippen LogP contribution in [-0.4, -0.2) is 70.0 Å². The maximum Gasteiger partial charge on any atom is 0.411 e. The lowest BCUT2D eigenvalue weighted by Crippen LogP contribution is -2.38. The van der Waals surface area contributed by atoms with Gasteiger partial charge in [-0.05, 0) is 24.1 Å². The molecule has 0 saturated carbocycles. The maximum atomic E-state index is 12.4. The molecule has 10 heteroatoms. The normalized spacial score (nSPS) is 14.1. The number of nitrogens with zero attached hydrogens (tertiary/aromatic N) is 5. The lowest BCUT2D eigenvalue weighted by Gasteiger charge is -2.26. The molecule has 0 spiro atoms. The van der Waals surface area contributed by atoms with E-state index < -0.39 is 6.09 Å². The van der Waals surface area contributed by atoms with Gasteiger partial charge >= 0.3 is 6.09 Å². The Balaban J connectivity index is 1.36. The molecule has 0 aliphatic carbocycles. The van der Waals surface area contributed by atoms with E-state index in [0.29, 0.717) is 44.2 Å². The van der Waals surface area contributed by atoms with Crippen LogP contribution in [0.15, 0.2) is 53.7 Å². The van der Waals surface area contributed by atoms with Crippen LogP contribution in [0.3, 0.4) is 0 Å². The highest BCUT2D eigenvalue weighted by atomic mass is 16.5. The van der Waals surface area contributed by atoms with E-state index in [9.17, 15) is 9.59 Å². The number of hydrogen-bond donors (Lipinski definition) is 1. The molecule has 2 aromatic heterocycles. The van der Waals surface area contributed by atoms with Crippen LogP contribution in [0, 0.1) is 0 Å². The van der Waals surface area contributed by atoms with E-state index in [-0.39, 0.29) is 5.43 Å². The first-order valence-corrected chi connectivity index (χ1v) is 11.6. The van der Waals surface area contributed by atoms with Crippen LogP contribution in [0.5, 0.6) is 0 Å². The maximum absolute atomic E-state index is 12.4. The van der Waals surface area contributed by atoms with Gasteiger partial charge in [-0.25, -0.2) is 9.48 Å². The second kappa shape index (κ2) is 11.6. The number of ether oxygens (including phenoxy) is 2. The second-order valence-corrected chi connectivity index (χ2v) is 8.12. The minimum absolute atomic E-state index is 0.141. The van der Waals surface area contributed by atoms with Gasteiger partial charge in [-0.1, -0.05) is 19.1 Å². The molecule has 1 aliphatic heterocycles. The summed E-state index contributed by atoms with van der Waals surface area (Å²) in [6.07, 6.45) is 6.09. The van der Waals surface area contributed by atoms with E-state index in [4.69, 9.17) is 9.47 Å². The predicted octanol–water partition coefficient (Wildman–Crippen LogP) is 2.31. The van der Waals surface area contributed by atoms with Gasteiger partial charge in [-0.3, -0.25) is 19.7 Å². The molecule has 1 amide bonds. The average Bonchev–Trinajstić information content (AvgIpc) is 3.30. The number of aryl methyl sites for hydroxylation is 1. The topological polar surface area (TPSA) is 104 Å². The molecule has 0 atom stereocenters. The largest absolute Gasteiger partial charge is 0.448 e. The van der Waals surface area contributed by atoms with Crippen molar-refractivity contribution in [3.63, 3.8) is 0 Å². The van der Waals surface area contributed by atoms with Gasteiger partial charge in [-0.2, -0.15) is 10.2 Å². The first-order valence-electron chi connectivity index (χ1n) is 11.6. The minimum Gasteiger partial charge on any atom is -0.448 e. The number of carbonyl (C=O) groups excluding carboxylic acids is 1. The summed E-state index contributed by atoms with van der Waals surface area (Å²) in [5.41, 5.74) is 2.53. The molecule has 4 rings (SSSR count). The summed E-state index contributed by atoms with van der Waals surface area (Å²) < 4.78 is 14.1. The molecule has 3 aromatic rings. The Labute approximate surface area is 198 Å². The summed E-state index contributed by atoms with van der Waals surface area (Å²) in [6.45, 7) is 7.03. The Bertz CT molecular complexity index is 1150. The third kappa shape index (κ3) is 6.52. The quantitative estimate of drug-likeness (QED) is 0.516. The van der Waals surface area contributed by atoms with Gasteiger partial charge in [0.15, 0.2) is 0 Å². The highest BCUT2D eigenvalue weighted by molar-refractivity contribution is 5.84. The fraction of sp³-hybridized carbons (Fsp3) is 0.417. The third-order valence-electron chi connectivity index (χ3n) is 5.51. The molecule has 1 saturated heterocycles. The molecule has 1 N–H and O–H groups in total. The molecule has 1 aromatic carbocycles. The molecule has 0 radical (unpaired) electrons. The molecular formula is C24H30N6O4. The number of morpholine rings is 1. The first kappa shape index (κ1) is 23.7. The Kier molecular flexibility index (Phi) is 8.05. The van der Waals surface area contributed by atoms with Crippen LogP contribution in [-0.2, 0) is 22.4 Å². The number of benzene rings is 1. The summed E-state index contributed by atoms with van der Waals surface area (Å²) in [7, 11) is 0. The van der Waals surface area contributed by atoms with Crippen LogP contribution in [0.25, 0.3) is 5.69 Å². The van der Waals surface area contributed by atoms with Crippen LogP contribution in [0.2, 0.25) is 0 Å². The van der Waals surface area contributed by atoms with Crippen LogP contribution in [0.1, 0.15) is 24.6 Å². The van der Waals surface area contributed by atoms with Crippen LogP contribution < -0.4 is 10.7 Å². The molecule has 3 heterocycles. The molecule has 0 unspecified atom stereocenters. The first-order chi connectivity index (χ1) is 16.6. The predicted molar refractivity (Wildman–Crippen MR) is 127 cm³/mol. The van der Waals surface area contributed by atoms with Gasteiger partial charge in [0.05, 0.1) is 25.6 Å². The number of hydrogen-bond acceptors (Lipinski definition) is 7. The van der Waals surface area contributed by atoms with Crippen molar-refractivity contribution in [2.24, 2.45) is 0 Å². The van der Waals surface area contributed by atoms with Gasteiger partial charge in [0, 0.05) is 50.6 Å². The number of carbonyl (C=O) groups is 1. The zero-order valence-electron chi connectivity index (χ0n) is 19.4. The second-order valence-electron chi connectivity index (χ2n) is 8.12. The summed E-state index contributed by atoms with van der Waals surface area (Å²) in [5.74, 6) is 0. The van der Waals surface area contributed by atoms with Crippen molar-refractivity contribution < 1.29 is 14.3 Å². The van der Waals surface area contributed by atoms with Crippen molar-refractivity contribution in [1.82, 2.24) is 24.5 Å². The molecular weight excluding hydrogens is 436 g/mol. The van der Waals surface area contributed by atoms with E-state index in [1.165, 1.54) is 6.07 Å².